The number of carbonyl (C=O) groups is 1. The highest BCUT2D eigenvalue weighted by molar-refractivity contribution is 14.0. The Morgan fingerprint density at radius 3 is 2.20 bits per heavy atom. The van der Waals surface area contributed by atoms with E-state index < -0.39 is 0 Å². The van der Waals surface area contributed by atoms with Gasteiger partial charge in [-0.25, -0.2) is 0 Å². The highest BCUT2D eigenvalue weighted by Gasteiger charge is 2.35. The number of piperidine rings is 1. The molecule has 3 fully saturated rings. The van der Waals surface area contributed by atoms with E-state index in [0.717, 1.165) is 84.1 Å². The Labute approximate surface area is 198 Å². The Bertz CT molecular complexity index is 555. The number of morpholine rings is 1. The minimum atomic E-state index is 0. The SMILES string of the molecule is CCNC(=NCC1(N(C)C)CCOCC1)N1CCC(C(=O)N2CCOCC2)CC1.I. The predicted molar refractivity (Wildman–Crippen MR) is 130 cm³/mol. The van der Waals surface area contributed by atoms with Crippen LogP contribution in [0.4, 0.5) is 0 Å². The summed E-state index contributed by atoms with van der Waals surface area (Å²) in [5, 5.41) is 3.47. The first kappa shape index (κ1) is 25.6. The van der Waals surface area contributed by atoms with Gasteiger partial charge in [0.15, 0.2) is 5.96 Å². The van der Waals surface area contributed by atoms with Gasteiger partial charge < -0.3 is 29.5 Å². The number of aliphatic imine (C=N–C) groups is 1. The van der Waals surface area contributed by atoms with Gasteiger partial charge in [0.05, 0.1) is 19.8 Å². The number of ether oxygens (including phenoxy) is 2. The molecule has 0 aliphatic carbocycles. The van der Waals surface area contributed by atoms with Gasteiger partial charge in [-0.3, -0.25) is 9.79 Å². The Morgan fingerprint density at radius 2 is 1.63 bits per heavy atom. The minimum absolute atomic E-state index is 0. The first-order valence-electron chi connectivity index (χ1n) is 11.2. The second-order valence-corrected chi connectivity index (χ2v) is 8.60. The third kappa shape index (κ3) is 6.43. The Hall–Kier alpha value is -0.650. The molecule has 0 aromatic heterocycles. The molecular formula is C21H40IN5O3. The first-order valence-corrected chi connectivity index (χ1v) is 11.2. The van der Waals surface area contributed by atoms with Gasteiger partial charge in [0.2, 0.25) is 5.91 Å². The predicted octanol–water partition coefficient (Wildman–Crippen LogP) is 1.25. The molecule has 0 saturated carbocycles. The first-order chi connectivity index (χ1) is 14.1. The number of likely N-dealkylation sites (tertiary alicyclic amines) is 1. The number of hydrogen-bond acceptors (Lipinski definition) is 5. The summed E-state index contributed by atoms with van der Waals surface area (Å²) in [6.45, 7) is 9.91. The van der Waals surface area contributed by atoms with E-state index in [1.165, 1.54) is 0 Å². The van der Waals surface area contributed by atoms with Crippen LogP contribution in [-0.4, -0.2) is 112 Å². The summed E-state index contributed by atoms with van der Waals surface area (Å²) in [4.78, 5) is 24.5. The molecule has 0 spiro atoms. The number of rotatable bonds is 5. The van der Waals surface area contributed by atoms with Crippen LogP contribution in [-0.2, 0) is 14.3 Å². The third-order valence-corrected chi connectivity index (χ3v) is 6.70. The molecule has 3 saturated heterocycles. The zero-order valence-electron chi connectivity index (χ0n) is 18.9. The molecule has 3 heterocycles. The van der Waals surface area contributed by atoms with E-state index in [-0.39, 0.29) is 35.4 Å². The van der Waals surface area contributed by atoms with Crippen LogP contribution >= 0.6 is 24.0 Å². The molecule has 3 rings (SSSR count). The number of nitrogens with zero attached hydrogens (tertiary/aromatic N) is 4. The van der Waals surface area contributed by atoms with Gasteiger partial charge in [-0.1, -0.05) is 0 Å². The zero-order valence-corrected chi connectivity index (χ0v) is 21.2. The summed E-state index contributed by atoms with van der Waals surface area (Å²) in [5.74, 6) is 1.43. The molecule has 3 aliphatic heterocycles. The monoisotopic (exact) mass is 537 g/mol. The van der Waals surface area contributed by atoms with Crippen LogP contribution < -0.4 is 5.32 Å². The Kier molecular flexibility index (Phi) is 10.6. The van der Waals surface area contributed by atoms with Crippen LogP contribution in [0.2, 0.25) is 0 Å². The van der Waals surface area contributed by atoms with E-state index in [9.17, 15) is 4.79 Å². The molecule has 1 amide bonds. The third-order valence-electron chi connectivity index (χ3n) is 6.70. The van der Waals surface area contributed by atoms with E-state index in [4.69, 9.17) is 14.5 Å². The standard InChI is InChI=1S/C21H39N5O3.HI/c1-4-22-20(23-17-21(24(2)3)7-13-28-14-8-21)26-9-5-18(6-10-26)19(27)25-11-15-29-16-12-25;/h18H,4-17H2,1-3H3,(H,22,23);1H. The maximum absolute atomic E-state index is 12.8. The molecule has 0 aromatic carbocycles. The van der Waals surface area contributed by atoms with E-state index in [0.29, 0.717) is 19.1 Å². The van der Waals surface area contributed by atoms with Gasteiger partial charge in [-0.15, -0.1) is 24.0 Å². The lowest BCUT2D eigenvalue weighted by Crippen LogP contribution is -2.53. The molecule has 30 heavy (non-hydrogen) atoms. The second kappa shape index (κ2) is 12.4. The summed E-state index contributed by atoms with van der Waals surface area (Å²) < 4.78 is 11.0. The van der Waals surface area contributed by atoms with Crippen molar-refractivity contribution in [2.24, 2.45) is 10.9 Å². The lowest BCUT2D eigenvalue weighted by Gasteiger charge is -2.42. The smallest absolute Gasteiger partial charge is 0.225 e. The van der Waals surface area contributed by atoms with E-state index in [1.807, 2.05) is 4.90 Å². The molecule has 8 nitrogen and oxygen atoms in total. The van der Waals surface area contributed by atoms with Crippen molar-refractivity contribution in [3.05, 3.63) is 0 Å². The number of nitrogens with one attached hydrogen (secondary N) is 1. The number of carbonyl (C=O) groups excluding carboxylic acids is 1. The molecule has 0 aromatic rings. The van der Waals surface area contributed by atoms with Crippen molar-refractivity contribution in [2.75, 3.05) is 79.8 Å². The van der Waals surface area contributed by atoms with Gasteiger partial charge in [0, 0.05) is 57.4 Å². The summed E-state index contributed by atoms with van der Waals surface area (Å²) in [6.07, 6.45) is 3.82. The van der Waals surface area contributed by atoms with Gasteiger partial charge in [-0.05, 0) is 46.7 Å². The Balaban J connectivity index is 0.00000320. The molecule has 0 atom stereocenters. The van der Waals surface area contributed by atoms with Crippen molar-refractivity contribution in [2.45, 2.75) is 38.1 Å². The van der Waals surface area contributed by atoms with Crippen LogP contribution in [0.1, 0.15) is 32.6 Å². The molecule has 1 N–H and O–H groups in total. The summed E-state index contributed by atoms with van der Waals surface area (Å²) in [7, 11) is 4.30. The lowest BCUT2D eigenvalue weighted by atomic mass is 9.89. The largest absolute Gasteiger partial charge is 0.381 e. The molecule has 0 unspecified atom stereocenters. The number of guanidine groups is 1. The average Bonchev–Trinajstić information content (AvgIpc) is 2.77. The maximum atomic E-state index is 12.8. The molecule has 0 radical (unpaired) electrons. The fourth-order valence-corrected chi connectivity index (χ4v) is 4.53. The van der Waals surface area contributed by atoms with Crippen LogP contribution in [0, 0.1) is 5.92 Å². The number of amides is 1. The van der Waals surface area contributed by atoms with Crippen molar-refractivity contribution in [1.29, 1.82) is 0 Å². The van der Waals surface area contributed by atoms with Crippen LogP contribution in [0.15, 0.2) is 4.99 Å². The van der Waals surface area contributed by atoms with E-state index in [2.05, 4.69) is 36.1 Å². The zero-order chi connectivity index (χ0) is 20.7. The van der Waals surface area contributed by atoms with Crippen molar-refractivity contribution in [3.63, 3.8) is 0 Å². The summed E-state index contributed by atoms with van der Waals surface area (Å²) in [5.41, 5.74) is 0.0730. The highest BCUT2D eigenvalue weighted by Crippen LogP contribution is 2.27. The minimum Gasteiger partial charge on any atom is -0.381 e. The molecular weight excluding hydrogens is 497 g/mol. The summed E-state index contributed by atoms with van der Waals surface area (Å²) in [6, 6.07) is 0. The van der Waals surface area contributed by atoms with Crippen molar-refractivity contribution >= 4 is 35.8 Å². The van der Waals surface area contributed by atoms with Crippen molar-refractivity contribution in [1.82, 2.24) is 20.0 Å². The normalized spacial score (nSPS) is 23.3. The highest BCUT2D eigenvalue weighted by atomic mass is 127. The number of halogens is 1. The molecule has 174 valence electrons. The fraction of sp³-hybridized carbons (Fsp3) is 0.905. The fourth-order valence-electron chi connectivity index (χ4n) is 4.53. The van der Waals surface area contributed by atoms with Crippen LogP contribution in [0.3, 0.4) is 0 Å². The lowest BCUT2D eigenvalue weighted by molar-refractivity contribution is -0.140. The van der Waals surface area contributed by atoms with Gasteiger partial charge in [0.25, 0.3) is 0 Å². The quantitative estimate of drug-likeness (QED) is 0.324. The van der Waals surface area contributed by atoms with Gasteiger partial charge >= 0.3 is 0 Å². The number of likely N-dealkylation sites (N-methyl/N-ethyl adjacent to an activating group) is 1. The molecule has 3 aliphatic rings. The van der Waals surface area contributed by atoms with E-state index >= 15 is 0 Å². The topological polar surface area (TPSA) is 69.6 Å². The maximum Gasteiger partial charge on any atom is 0.225 e. The van der Waals surface area contributed by atoms with Crippen LogP contribution in [0.5, 0.6) is 0 Å². The molecule has 0 bridgehead atoms. The van der Waals surface area contributed by atoms with Crippen molar-refractivity contribution in [3.8, 4) is 0 Å². The molecule has 9 heteroatoms. The van der Waals surface area contributed by atoms with Crippen LogP contribution in [0.25, 0.3) is 0 Å². The summed E-state index contributed by atoms with van der Waals surface area (Å²) >= 11 is 0. The van der Waals surface area contributed by atoms with Gasteiger partial charge in [-0.2, -0.15) is 0 Å². The second-order valence-electron chi connectivity index (χ2n) is 8.60. The van der Waals surface area contributed by atoms with Gasteiger partial charge in [0.1, 0.15) is 0 Å². The Morgan fingerprint density at radius 1 is 1.03 bits per heavy atom. The number of hydrogen-bond donors (Lipinski definition) is 1. The van der Waals surface area contributed by atoms with E-state index in [1.54, 1.807) is 0 Å². The average molecular weight is 537 g/mol. The van der Waals surface area contributed by atoms with Crippen molar-refractivity contribution < 1.29 is 14.3 Å².